The lowest BCUT2D eigenvalue weighted by Gasteiger charge is -2.18. The molecule has 0 aliphatic rings. The second kappa shape index (κ2) is 6.68. The number of carboxylic acids is 1. The topological polar surface area (TPSA) is 141 Å². The second-order valence-corrected chi connectivity index (χ2v) is 6.81. The minimum absolute atomic E-state index is 0.0152. The normalized spacial score (nSPS) is 13.1. The zero-order valence-corrected chi connectivity index (χ0v) is 12.7. The molecule has 0 aliphatic carbocycles. The lowest BCUT2D eigenvalue weighted by atomic mass is 10.0. The van der Waals surface area contributed by atoms with Crippen LogP contribution >= 0.6 is 0 Å². The first kappa shape index (κ1) is 17.1. The molecule has 0 radical (unpaired) electrons. The van der Waals surface area contributed by atoms with Gasteiger partial charge in [0, 0.05) is 6.07 Å². The largest absolute Gasteiger partial charge is 0.477 e. The molecule has 4 N–H and O–H groups in total. The first-order valence-corrected chi connectivity index (χ1v) is 8.04. The molecular weight excluding hydrogens is 300 g/mol. The van der Waals surface area contributed by atoms with Crippen molar-refractivity contribution in [3.8, 4) is 0 Å². The molecule has 21 heavy (non-hydrogen) atoms. The van der Waals surface area contributed by atoms with Crippen molar-refractivity contribution < 1.29 is 23.1 Å². The molecule has 1 aromatic heterocycles. The van der Waals surface area contributed by atoms with Gasteiger partial charge in [0.05, 0.1) is 6.26 Å². The summed E-state index contributed by atoms with van der Waals surface area (Å²) in [6.07, 6.45) is 1.26. The van der Waals surface area contributed by atoms with Crippen LogP contribution in [0.3, 0.4) is 0 Å². The third kappa shape index (κ3) is 5.92. The fourth-order valence-corrected chi connectivity index (χ4v) is 2.37. The molecular formula is C11H18N4O5S. The summed E-state index contributed by atoms with van der Waals surface area (Å²) in [5.41, 5.74) is -0.179. The molecule has 1 heterocycles. The Kier molecular flexibility index (Phi) is 5.44. The number of H-pyrrole nitrogens is 1. The monoisotopic (exact) mass is 318 g/mol. The van der Waals surface area contributed by atoms with Crippen LogP contribution < -0.4 is 10.0 Å². The summed E-state index contributed by atoms with van der Waals surface area (Å²) in [5.74, 6) is -1.71. The third-order valence-electron chi connectivity index (χ3n) is 2.44. The molecule has 1 amide bonds. The lowest BCUT2D eigenvalue weighted by Crippen LogP contribution is -2.44. The van der Waals surface area contributed by atoms with Gasteiger partial charge in [0.25, 0.3) is 0 Å². The lowest BCUT2D eigenvalue weighted by molar-refractivity contribution is -0.118. The van der Waals surface area contributed by atoms with E-state index in [1.807, 2.05) is 13.8 Å². The zero-order chi connectivity index (χ0) is 16.2. The molecule has 1 unspecified atom stereocenters. The molecule has 0 fully saturated rings. The van der Waals surface area contributed by atoms with Gasteiger partial charge in [0.2, 0.25) is 15.9 Å². The molecule has 0 aromatic carbocycles. The number of anilines is 1. The van der Waals surface area contributed by atoms with Gasteiger partial charge in [-0.2, -0.15) is 5.10 Å². The molecule has 1 rings (SSSR count). The number of nitrogens with zero attached hydrogens (tertiary/aromatic N) is 1. The quantitative estimate of drug-likeness (QED) is 0.558. The number of hydrogen-bond donors (Lipinski definition) is 4. The molecule has 1 aromatic rings. The molecule has 118 valence electrons. The van der Waals surface area contributed by atoms with Crippen molar-refractivity contribution in [1.82, 2.24) is 14.9 Å². The van der Waals surface area contributed by atoms with E-state index < -0.39 is 27.9 Å². The fraction of sp³-hybridized carbons (Fsp3) is 0.545. The number of carboxylic acid groups (broad SMARTS) is 1. The average Bonchev–Trinajstić information content (AvgIpc) is 2.74. The number of carbonyl (C=O) groups excluding carboxylic acids is 1. The highest BCUT2D eigenvalue weighted by Gasteiger charge is 2.24. The number of sulfonamides is 1. The Morgan fingerprint density at radius 2 is 2.05 bits per heavy atom. The Morgan fingerprint density at radius 1 is 1.43 bits per heavy atom. The van der Waals surface area contributed by atoms with Crippen LogP contribution in [0.5, 0.6) is 0 Å². The minimum atomic E-state index is -3.55. The number of hydrogen-bond acceptors (Lipinski definition) is 5. The molecule has 0 spiro atoms. The van der Waals surface area contributed by atoms with E-state index in [0.29, 0.717) is 6.42 Å². The van der Waals surface area contributed by atoms with Crippen LogP contribution in [0.25, 0.3) is 0 Å². The fourth-order valence-electron chi connectivity index (χ4n) is 1.65. The first-order valence-electron chi connectivity index (χ1n) is 6.15. The van der Waals surface area contributed by atoms with Crippen LogP contribution in [0.4, 0.5) is 5.82 Å². The van der Waals surface area contributed by atoms with Crippen molar-refractivity contribution in [2.24, 2.45) is 5.92 Å². The number of aromatic nitrogens is 2. The van der Waals surface area contributed by atoms with Crippen LogP contribution in [0.2, 0.25) is 0 Å². The molecule has 10 heteroatoms. The number of aromatic carboxylic acids is 1. The van der Waals surface area contributed by atoms with Gasteiger partial charge >= 0.3 is 5.97 Å². The van der Waals surface area contributed by atoms with E-state index in [-0.39, 0.29) is 17.4 Å². The summed E-state index contributed by atoms with van der Waals surface area (Å²) >= 11 is 0. The van der Waals surface area contributed by atoms with Gasteiger partial charge in [-0.1, -0.05) is 13.8 Å². The Morgan fingerprint density at radius 3 is 2.48 bits per heavy atom. The zero-order valence-electron chi connectivity index (χ0n) is 11.9. The summed E-state index contributed by atoms with van der Waals surface area (Å²) in [6, 6.07) is 0.192. The predicted octanol–water partition coefficient (Wildman–Crippen LogP) is 0.0103. The molecule has 1 atom stereocenters. The van der Waals surface area contributed by atoms with Crippen molar-refractivity contribution in [2.45, 2.75) is 26.3 Å². The summed E-state index contributed by atoms with van der Waals surface area (Å²) in [5, 5.41) is 17.0. The SMILES string of the molecule is CC(C)CC(NS(C)(=O)=O)C(=O)Nc1cc(C(=O)O)[nH]n1. The second-order valence-electron chi connectivity index (χ2n) is 5.03. The van der Waals surface area contributed by atoms with Gasteiger partial charge < -0.3 is 10.4 Å². The standard InChI is InChI=1S/C11H18N4O5S/c1-6(2)4-7(15-21(3,19)20)10(16)12-9-5-8(11(17)18)13-14-9/h5-7,15H,4H2,1-3H3,(H,17,18)(H2,12,13,14,16). The van der Waals surface area contributed by atoms with E-state index in [0.717, 1.165) is 12.3 Å². The number of nitrogens with one attached hydrogen (secondary N) is 3. The van der Waals surface area contributed by atoms with Crippen molar-refractivity contribution in [1.29, 1.82) is 0 Å². The van der Waals surface area contributed by atoms with Gasteiger partial charge in [-0.15, -0.1) is 0 Å². The minimum Gasteiger partial charge on any atom is -0.477 e. The van der Waals surface area contributed by atoms with Gasteiger partial charge in [0.1, 0.15) is 11.7 Å². The Labute approximate surface area is 122 Å². The van der Waals surface area contributed by atoms with Crippen molar-refractivity contribution >= 4 is 27.7 Å². The van der Waals surface area contributed by atoms with Crippen LogP contribution in [-0.2, 0) is 14.8 Å². The van der Waals surface area contributed by atoms with Crippen molar-refractivity contribution in [2.75, 3.05) is 11.6 Å². The maximum Gasteiger partial charge on any atom is 0.353 e. The van der Waals surface area contributed by atoms with Crippen LogP contribution in [-0.4, -0.2) is 47.9 Å². The molecule has 9 nitrogen and oxygen atoms in total. The van der Waals surface area contributed by atoms with Crippen LogP contribution in [0.1, 0.15) is 30.8 Å². The van der Waals surface area contributed by atoms with Gasteiger partial charge in [-0.05, 0) is 12.3 Å². The predicted molar refractivity (Wildman–Crippen MR) is 75.4 cm³/mol. The summed E-state index contributed by atoms with van der Waals surface area (Å²) in [4.78, 5) is 22.8. The van der Waals surface area contributed by atoms with Crippen LogP contribution in [0.15, 0.2) is 6.07 Å². The molecule has 0 saturated carbocycles. The van der Waals surface area contributed by atoms with Gasteiger partial charge in [-0.25, -0.2) is 17.9 Å². The van der Waals surface area contributed by atoms with Gasteiger partial charge in [-0.3, -0.25) is 9.89 Å². The molecule has 0 saturated heterocycles. The van der Waals surface area contributed by atoms with E-state index in [2.05, 4.69) is 20.2 Å². The van der Waals surface area contributed by atoms with E-state index in [4.69, 9.17) is 5.11 Å². The Bertz CT molecular complexity index is 622. The van der Waals surface area contributed by atoms with Crippen molar-refractivity contribution in [3.05, 3.63) is 11.8 Å². The first-order chi connectivity index (χ1) is 9.58. The van der Waals surface area contributed by atoms with Gasteiger partial charge in [0.15, 0.2) is 5.82 Å². The Balaban J connectivity index is 2.81. The third-order valence-corrected chi connectivity index (χ3v) is 3.15. The molecule has 0 bridgehead atoms. The van der Waals surface area contributed by atoms with E-state index in [1.165, 1.54) is 0 Å². The Hall–Kier alpha value is -1.94. The summed E-state index contributed by atoms with van der Waals surface area (Å²) in [7, 11) is -3.55. The van der Waals surface area contributed by atoms with E-state index >= 15 is 0 Å². The van der Waals surface area contributed by atoms with E-state index in [1.54, 1.807) is 0 Å². The smallest absolute Gasteiger partial charge is 0.353 e. The number of aromatic amines is 1. The maximum absolute atomic E-state index is 12.1. The van der Waals surface area contributed by atoms with Crippen molar-refractivity contribution in [3.63, 3.8) is 0 Å². The number of amides is 1. The van der Waals surface area contributed by atoms with E-state index in [9.17, 15) is 18.0 Å². The summed E-state index contributed by atoms with van der Waals surface area (Å²) < 4.78 is 24.8. The highest BCUT2D eigenvalue weighted by Crippen LogP contribution is 2.10. The number of rotatable bonds is 7. The maximum atomic E-state index is 12.1. The highest BCUT2D eigenvalue weighted by atomic mass is 32.2. The number of carbonyl (C=O) groups is 2. The van der Waals surface area contributed by atoms with Crippen LogP contribution in [0, 0.1) is 5.92 Å². The average molecular weight is 318 g/mol. The highest BCUT2D eigenvalue weighted by molar-refractivity contribution is 7.88. The summed E-state index contributed by atoms with van der Waals surface area (Å²) in [6.45, 7) is 3.70. The molecule has 0 aliphatic heterocycles.